The van der Waals surface area contributed by atoms with Crippen molar-refractivity contribution in [2.75, 3.05) is 13.1 Å². The Morgan fingerprint density at radius 2 is 1.96 bits per heavy atom. The van der Waals surface area contributed by atoms with E-state index in [0.717, 1.165) is 51.1 Å². The van der Waals surface area contributed by atoms with E-state index in [1.54, 1.807) is 0 Å². The predicted octanol–water partition coefficient (Wildman–Crippen LogP) is 3.25. The third-order valence-corrected chi connectivity index (χ3v) is 5.74. The van der Waals surface area contributed by atoms with Crippen LogP contribution in [0.4, 0.5) is 0 Å². The molecule has 2 atom stereocenters. The molecule has 25 heavy (non-hydrogen) atoms. The fourth-order valence-corrected chi connectivity index (χ4v) is 4.18. The predicted molar refractivity (Wildman–Crippen MR) is 100 cm³/mol. The fourth-order valence-electron chi connectivity index (χ4n) is 4.18. The summed E-state index contributed by atoms with van der Waals surface area (Å²) in [5.74, 6) is 0.999. The normalized spacial score (nSPS) is 23.4. The Bertz CT molecular complexity index is 608. The average molecular weight is 347 g/mol. The second-order valence-electron chi connectivity index (χ2n) is 8.97. The second-order valence-corrected chi connectivity index (χ2v) is 8.97. The van der Waals surface area contributed by atoms with Crippen molar-refractivity contribution in [3.8, 4) is 0 Å². The van der Waals surface area contributed by atoms with Crippen LogP contribution in [0.25, 0.3) is 0 Å². The number of aromatic nitrogens is 2. The number of fused-ring (bicyclic) bond motifs is 1. The van der Waals surface area contributed by atoms with Gasteiger partial charge in [0.15, 0.2) is 0 Å². The minimum atomic E-state index is -0.137. The fraction of sp³-hybridized carbons (Fsp3) is 0.800. The Balaban J connectivity index is 1.68. The van der Waals surface area contributed by atoms with Crippen molar-refractivity contribution < 1.29 is 4.79 Å². The molecule has 2 unspecified atom stereocenters. The van der Waals surface area contributed by atoms with Crippen LogP contribution in [-0.2, 0) is 16.8 Å². The molecule has 3 rings (SSSR count). The lowest BCUT2D eigenvalue weighted by Gasteiger charge is -2.34. The first-order valence-electron chi connectivity index (χ1n) is 9.89. The van der Waals surface area contributed by atoms with Crippen LogP contribution >= 0.6 is 0 Å². The summed E-state index contributed by atoms with van der Waals surface area (Å²) < 4.78 is 2.16. The van der Waals surface area contributed by atoms with E-state index in [0.29, 0.717) is 0 Å². The second kappa shape index (κ2) is 7.10. The Kier molecular flexibility index (Phi) is 5.24. The van der Waals surface area contributed by atoms with Gasteiger partial charge in [0.1, 0.15) is 0 Å². The molecule has 2 heterocycles. The molecule has 2 aliphatic rings. The summed E-state index contributed by atoms with van der Waals surface area (Å²) in [6.07, 6.45) is 7.58. The van der Waals surface area contributed by atoms with E-state index >= 15 is 0 Å². The number of likely N-dealkylation sites (tertiary alicyclic amines) is 1. The first kappa shape index (κ1) is 18.4. The van der Waals surface area contributed by atoms with Crippen LogP contribution in [-0.4, -0.2) is 39.7 Å². The standard InChI is InChI=1S/C20H34N4O/c1-14-9-11-23(12-10-14)19(25)15(2)22-17-7-6-8-18-16(17)13-21-24(18)20(3,4)5/h13-15,17,22H,6-12H2,1-5H3. The lowest BCUT2D eigenvalue weighted by molar-refractivity contribution is -0.134. The van der Waals surface area contributed by atoms with Crippen molar-refractivity contribution in [3.05, 3.63) is 17.5 Å². The minimum Gasteiger partial charge on any atom is -0.341 e. The summed E-state index contributed by atoms with van der Waals surface area (Å²) in [5, 5.41) is 8.25. The van der Waals surface area contributed by atoms with Gasteiger partial charge in [-0.3, -0.25) is 14.8 Å². The first-order valence-corrected chi connectivity index (χ1v) is 9.89. The van der Waals surface area contributed by atoms with Crippen molar-refractivity contribution in [2.45, 2.75) is 84.3 Å². The van der Waals surface area contributed by atoms with E-state index in [1.807, 2.05) is 18.0 Å². The molecular formula is C20H34N4O. The van der Waals surface area contributed by atoms with Gasteiger partial charge in [-0.2, -0.15) is 5.10 Å². The number of amides is 1. The van der Waals surface area contributed by atoms with Crippen LogP contribution in [0, 0.1) is 5.92 Å². The van der Waals surface area contributed by atoms with Crippen LogP contribution in [0.1, 0.15) is 77.6 Å². The van der Waals surface area contributed by atoms with Crippen LogP contribution in [0.2, 0.25) is 0 Å². The van der Waals surface area contributed by atoms with E-state index in [-0.39, 0.29) is 23.5 Å². The zero-order valence-corrected chi connectivity index (χ0v) is 16.5. The average Bonchev–Trinajstić information content (AvgIpc) is 3.00. The maximum atomic E-state index is 12.8. The van der Waals surface area contributed by atoms with E-state index < -0.39 is 0 Å². The molecule has 1 saturated heterocycles. The minimum absolute atomic E-state index is 0.00139. The molecule has 1 aromatic heterocycles. The SMILES string of the molecule is CC1CCN(C(=O)C(C)NC2CCCc3c2cnn3C(C)(C)C)CC1. The Labute approximate surface area is 152 Å². The topological polar surface area (TPSA) is 50.2 Å². The van der Waals surface area contributed by atoms with Gasteiger partial charge in [0.2, 0.25) is 5.91 Å². The lowest BCUT2D eigenvalue weighted by atomic mass is 9.91. The molecular weight excluding hydrogens is 312 g/mol. The molecule has 1 aliphatic carbocycles. The Morgan fingerprint density at radius 3 is 2.60 bits per heavy atom. The van der Waals surface area contributed by atoms with E-state index in [1.165, 1.54) is 11.3 Å². The number of hydrogen-bond acceptors (Lipinski definition) is 3. The molecule has 5 heteroatoms. The van der Waals surface area contributed by atoms with Crippen molar-refractivity contribution in [1.29, 1.82) is 0 Å². The van der Waals surface area contributed by atoms with Crippen molar-refractivity contribution >= 4 is 5.91 Å². The number of carbonyl (C=O) groups excluding carboxylic acids is 1. The summed E-state index contributed by atoms with van der Waals surface area (Å²) in [6, 6.07) is 0.102. The number of carbonyl (C=O) groups is 1. The van der Waals surface area contributed by atoms with E-state index in [2.05, 4.69) is 42.8 Å². The van der Waals surface area contributed by atoms with Crippen LogP contribution in [0.3, 0.4) is 0 Å². The molecule has 1 N–H and O–H groups in total. The molecule has 140 valence electrons. The first-order chi connectivity index (χ1) is 11.8. The van der Waals surface area contributed by atoms with Gasteiger partial charge < -0.3 is 4.90 Å². The molecule has 5 nitrogen and oxygen atoms in total. The van der Waals surface area contributed by atoms with E-state index in [4.69, 9.17) is 0 Å². The smallest absolute Gasteiger partial charge is 0.239 e. The Morgan fingerprint density at radius 1 is 1.28 bits per heavy atom. The highest BCUT2D eigenvalue weighted by molar-refractivity contribution is 5.81. The molecule has 1 aliphatic heterocycles. The van der Waals surface area contributed by atoms with Gasteiger partial charge in [0.05, 0.1) is 17.8 Å². The number of rotatable bonds is 3. The quantitative estimate of drug-likeness (QED) is 0.914. The molecule has 0 aromatic carbocycles. The number of hydrogen-bond donors (Lipinski definition) is 1. The van der Waals surface area contributed by atoms with Gasteiger partial charge >= 0.3 is 0 Å². The highest BCUT2D eigenvalue weighted by Gasteiger charge is 2.31. The number of piperidine rings is 1. The van der Waals surface area contributed by atoms with Crippen molar-refractivity contribution in [1.82, 2.24) is 20.0 Å². The highest BCUT2D eigenvalue weighted by Crippen LogP contribution is 2.32. The summed E-state index contributed by atoms with van der Waals surface area (Å²) in [5.41, 5.74) is 2.62. The van der Waals surface area contributed by atoms with Gasteiger partial charge in [-0.25, -0.2) is 0 Å². The third-order valence-electron chi connectivity index (χ3n) is 5.74. The zero-order chi connectivity index (χ0) is 18.2. The van der Waals surface area contributed by atoms with Crippen LogP contribution < -0.4 is 5.32 Å². The summed E-state index contributed by atoms with van der Waals surface area (Å²) in [7, 11) is 0. The van der Waals surface area contributed by atoms with Gasteiger partial charge in [0, 0.05) is 30.4 Å². The lowest BCUT2D eigenvalue weighted by Crippen LogP contribution is -2.48. The van der Waals surface area contributed by atoms with Gasteiger partial charge in [-0.05, 0) is 65.7 Å². The maximum Gasteiger partial charge on any atom is 0.239 e. The summed E-state index contributed by atoms with van der Waals surface area (Å²) in [4.78, 5) is 14.8. The number of nitrogens with one attached hydrogen (secondary N) is 1. The third kappa shape index (κ3) is 3.91. The highest BCUT2D eigenvalue weighted by atomic mass is 16.2. The molecule has 1 aromatic rings. The monoisotopic (exact) mass is 346 g/mol. The molecule has 0 spiro atoms. The van der Waals surface area contributed by atoms with Gasteiger partial charge in [-0.15, -0.1) is 0 Å². The molecule has 1 amide bonds. The van der Waals surface area contributed by atoms with Crippen molar-refractivity contribution in [2.24, 2.45) is 5.92 Å². The zero-order valence-electron chi connectivity index (χ0n) is 16.5. The molecule has 0 saturated carbocycles. The van der Waals surface area contributed by atoms with E-state index in [9.17, 15) is 4.79 Å². The van der Waals surface area contributed by atoms with Crippen LogP contribution in [0.5, 0.6) is 0 Å². The van der Waals surface area contributed by atoms with Crippen LogP contribution in [0.15, 0.2) is 6.20 Å². The maximum absolute atomic E-state index is 12.8. The summed E-state index contributed by atoms with van der Waals surface area (Å²) >= 11 is 0. The largest absolute Gasteiger partial charge is 0.341 e. The Hall–Kier alpha value is -1.36. The molecule has 0 bridgehead atoms. The molecule has 1 fully saturated rings. The summed E-state index contributed by atoms with van der Waals surface area (Å²) in [6.45, 7) is 12.7. The van der Waals surface area contributed by atoms with Gasteiger partial charge in [0.25, 0.3) is 0 Å². The number of nitrogens with zero attached hydrogens (tertiary/aromatic N) is 3. The van der Waals surface area contributed by atoms with Gasteiger partial charge in [-0.1, -0.05) is 6.92 Å². The van der Waals surface area contributed by atoms with Crippen molar-refractivity contribution in [3.63, 3.8) is 0 Å². The molecule has 0 radical (unpaired) electrons.